The van der Waals surface area contributed by atoms with E-state index < -0.39 is 11.7 Å². The van der Waals surface area contributed by atoms with E-state index in [0.717, 1.165) is 6.07 Å². The summed E-state index contributed by atoms with van der Waals surface area (Å²) in [5.41, 5.74) is 7.17. The first-order valence-electron chi connectivity index (χ1n) is 4.18. The number of hydrazone groups is 1. The van der Waals surface area contributed by atoms with E-state index in [1.54, 1.807) is 6.07 Å². The van der Waals surface area contributed by atoms with E-state index in [-0.39, 0.29) is 21.4 Å². The molecule has 4 N–H and O–H groups in total. The summed E-state index contributed by atoms with van der Waals surface area (Å²) >= 11 is 11.3. The van der Waals surface area contributed by atoms with Crippen molar-refractivity contribution in [3.05, 3.63) is 28.0 Å². The van der Waals surface area contributed by atoms with Gasteiger partial charge in [0.2, 0.25) is 5.71 Å². The molecule has 0 bridgehead atoms. The summed E-state index contributed by atoms with van der Waals surface area (Å²) in [6.07, 6.45) is 0. The molecule has 0 saturated carbocycles. The lowest BCUT2D eigenvalue weighted by Gasteiger charge is -2.05. The molecule has 0 spiro atoms. The van der Waals surface area contributed by atoms with Gasteiger partial charge in [-0.15, -0.1) is 0 Å². The summed E-state index contributed by atoms with van der Waals surface area (Å²) in [5, 5.41) is 19.1. The summed E-state index contributed by atoms with van der Waals surface area (Å²) in [5.74, 6) is -1.19. The number of nitrogens with zero attached hydrogens (tertiary/aromatic N) is 2. The Balaban J connectivity index is 3.01. The van der Waals surface area contributed by atoms with Crippen molar-refractivity contribution in [2.24, 2.45) is 10.8 Å². The first-order valence-corrected chi connectivity index (χ1v) is 4.94. The molecule has 17 heavy (non-hydrogen) atoms. The lowest BCUT2D eigenvalue weighted by atomic mass is 10.3. The topological polar surface area (TPSA) is 98.0 Å². The molecule has 0 aromatic heterocycles. The van der Waals surface area contributed by atoms with Crippen LogP contribution in [0.3, 0.4) is 0 Å². The molecule has 0 radical (unpaired) electrons. The maximum Gasteiger partial charge on any atom is 0.201 e. The van der Waals surface area contributed by atoms with Crippen LogP contribution in [0, 0.1) is 22.6 Å². The van der Waals surface area contributed by atoms with E-state index >= 15 is 0 Å². The molecule has 1 aromatic rings. The van der Waals surface area contributed by atoms with Crippen molar-refractivity contribution in [1.29, 1.82) is 10.7 Å². The zero-order valence-electron chi connectivity index (χ0n) is 8.26. The molecule has 0 amide bonds. The number of hydrogen-bond acceptors (Lipinski definition) is 4. The van der Waals surface area contributed by atoms with Gasteiger partial charge in [-0.05, 0) is 6.07 Å². The Morgan fingerprint density at radius 3 is 2.65 bits per heavy atom. The fraction of sp³-hybridized carbons (Fsp3) is 0. The molecule has 0 heterocycles. The number of benzene rings is 1. The summed E-state index contributed by atoms with van der Waals surface area (Å²) in [4.78, 5) is 0. The van der Waals surface area contributed by atoms with Crippen LogP contribution in [0.5, 0.6) is 0 Å². The van der Waals surface area contributed by atoms with Gasteiger partial charge in [-0.3, -0.25) is 10.8 Å². The van der Waals surface area contributed by atoms with Gasteiger partial charge < -0.3 is 5.73 Å². The number of amidine groups is 1. The zero-order chi connectivity index (χ0) is 13.0. The van der Waals surface area contributed by atoms with Crippen molar-refractivity contribution >= 4 is 40.4 Å². The molecule has 0 unspecified atom stereocenters. The van der Waals surface area contributed by atoms with E-state index in [1.165, 1.54) is 6.07 Å². The SMILES string of the molecule is N#C/C(=N\Nc1cc(F)c(Cl)cc1Cl)C(=N)N. The molecule has 88 valence electrons. The summed E-state index contributed by atoms with van der Waals surface area (Å²) in [6.45, 7) is 0. The third-order valence-electron chi connectivity index (χ3n) is 1.66. The number of hydrogen-bond donors (Lipinski definition) is 3. The number of anilines is 1. The predicted molar refractivity (Wildman–Crippen MR) is 65.0 cm³/mol. The van der Waals surface area contributed by atoms with Crippen molar-refractivity contribution in [1.82, 2.24) is 0 Å². The van der Waals surface area contributed by atoms with E-state index in [2.05, 4.69) is 10.5 Å². The van der Waals surface area contributed by atoms with Crippen molar-refractivity contribution < 1.29 is 4.39 Å². The quantitative estimate of drug-likeness (QED) is 0.341. The standard InChI is InChI=1S/C9H6Cl2FN5/c10-4-1-5(11)7(2-6(4)12)16-17-8(3-13)9(14)15/h1-2,16H,(H3,14,15)/b17-8+. The molecule has 1 aromatic carbocycles. The van der Waals surface area contributed by atoms with Gasteiger partial charge in [0.25, 0.3) is 0 Å². The maximum absolute atomic E-state index is 13.1. The molecule has 0 aliphatic rings. The van der Waals surface area contributed by atoms with Crippen LogP contribution in [-0.2, 0) is 0 Å². The number of nitrogens with two attached hydrogens (primary N) is 1. The van der Waals surface area contributed by atoms with Gasteiger partial charge in [-0.25, -0.2) is 4.39 Å². The zero-order valence-corrected chi connectivity index (χ0v) is 9.77. The van der Waals surface area contributed by atoms with E-state index in [9.17, 15) is 4.39 Å². The number of nitrogens with one attached hydrogen (secondary N) is 2. The first-order chi connectivity index (χ1) is 7.95. The molecule has 0 atom stereocenters. The second kappa shape index (κ2) is 5.48. The average molecular weight is 274 g/mol. The van der Waals surface area contributed by atoms with Crippen molar-refractivity contribution in [2.45, 2.75) is 0 Å². The third kappa shape index (κ3) is 3.31. The van der Waals surface area contributed by atoms with Crippen LogP contribution in [0.15, 0.2) is 17.2 Å². The predicted octanol–water partition coefficient (Wildman–Crippen LogP) is 2.36. The second-order valence-corrected chi connectivity index (χ2v) is 3.66. The van der Waals surface area contributed by atoms with Gasteiger partial charge in [-0.2, -0.15) is 10.4 Å². The van der Waals surface area contributed by atoms with Crippen LogP contribution in [-0.4, -0.2) is 11.5 Å². The molecule has 0 fully saturated rings. The molecule has 0 aliphatic heterocycles. The molecule has 1 rings (SSSR count). The highest BCUT2D eigenvalue weighted by Gasteiger charge is 2.07. The van der Waals surface area contributed by atoms with E-state index in [4.69, 9.17) is 39.6 Å². The van der Waals surface area contributed by atoms with Gasteiger partial charge in [-0.1, -0.05) is 23.2 Å². The van der Waals surface area contributed by atoms with Crippen molar-refractivity contribution in [3.63, 3.8) is 0 Å². The van der Waals surface area contributed by atoms with Gasteiger partial charge in [0, 0.05) is 6.07 Å². The summed E-state index contributed by atoms with van der Waals surface area (Å²) in [6, 6.07) is 3.80. The normalized spacial score (nSPS) is 10.8. The van der Waals surface area contributed by atoms with Gasteiger partial charge in [0.1, 0.15) is 11.9 Å². The Morgan fingerprint density at radius 1 is 1.47 bits per heavy atom. The molecular formula is C9H6Cl2FN5. The fourth-order valence-corrected chi connectivity index (χ4v) is 1.30. The van der Waals surface area contributed by atoms with Gasteiger partial charge in [0.05, 0.1) is 15.7 Å². The van der Waals surface area contributed by atoms with Crippen LogP contribution in [0.2, 0.25) is 10.0 Å². The minimum absolute atomic E-state index is 0.113. The van der Waals surface area contributed by atoms with E-state index in [1.807, 2.05) is 0 Å². The Bertz CT molecular complexity index is 535. The van der Waals surface area contributed by atoms with Gasteiger partial charge >= 0.3 is 0 Å². The number of halogens is 3. The van der Waals surface area contributed by atoms with Crippen LogP contribution < -0.4 is 11.2 Å². The first kappa shape index (κ1) is 13.2. The highest BCUT2D eigenvalue weighted by molar-refractivity contribution is 6.46. The number of rotatable bonds is 3. The second-order valence-electron chi connectivity index (χ2n) is 2.84. The average Bonchev–Trinajstić information content (AvgIpc) is 2.25. The highest BCUT2D eigenvalue weighted by Crippen LogP contribution is 2.28. The van der Waals surface area contributed by atoms with E-state index in [0.29, 0.717) is 0 Å². The Morgan fingerprint density at radius 2 is 2.12 bits per heavy atom. The van der Waals surface area contributed by atoms with Gasteiger partial charge in [0.15, 0.2) is 5.84 Å². The lowest BCUT2D eigenvalue weighted by molar-refractivity contribution is 0.628. The van der Waals surface area contributed by atoms with Crippen molar-refractivity contribution in [3.8, 4) is 6.07 Å². The summed E-state index contributed by atoms with van der Waals surface area (Å²) in [7, 11) is 0. The number of nitriles is 1. The maximum atomic E-state index is 13.1. The minimum Gasteiger partial charge on any atom is -0.382 e. The highest BCUT2D eigenvalue weighted by atomic mass is 35.5. The molecular weight excluding hydrogens is 268 g/mol. The molecule has 0 aliphatic carbocycles. The fourth-order valence-electron chi connectivity index (χ4n) is 0.870. The summed E-state index contributed by atoms with van der Waals surface area (Å²) < 4.78 is 13.1. The monoisotopic (exact) mass is 273 g/mol. The van der Waals surface area contributed by atoms with Crippen LogP contribution in [0.4, 0.5) is 10.1 Å². The molecule has 5 nitrogen and oxygen atoms in total. The molecule has 8 heteroatoms. The lowest BCUT2D eigenvalue weighted by Crippen LogP contribution is -2.21. The van der Waals surface area contributed by atoms with Crippen LogP contribution >= 0.6 is 23.2 Å². The largest absolute Gasteiger partial charge is 0.382 e. The van der Waals surface area contributed by atoms with Crippen molar-refractivity contribution in [2.75, 3.05) is 5.43 Å². The van der Waals surface area contributed by atoms with Crippen LogP contribution in [0.25, 0.3) is 0 Å². The molecule has 0 saturated heterocycles. The Kier molecular flexibility index (Phi) is 4.26. The Hall–Kier alpha value is -1.84. The third-order valence-corrected chi connectivity index (χ3v) is 2.26. The van der Waals surface area contributed by atoms with Crippen LogP contribution in [0.1, 0.15) is 0 Å². The smallest absolute Gasteiger partial charge is 0.201 e. The Labute approximate surface area is 106 Å². The minimum atomic E-state index is -0.685.